The van der Waals surface area contributed by atoms with Crippen molar-refractivity contribution in [3.63, 3.8) is 0 Å². The van der Waals surface area contributed by atoms with Gasteiger partial charge in [-0.1, -0.05) is 12.1 Å². The van der Waals surface area contributed by atoms with Crippen molar-refractivity contribution in [1.82, 2.24) is 0 Å². The summed E-state index contributed by atoms with van der Waals surface area (Å²) >= 11 is 0. The predicted octanol–water partition coefficient (Wildman–Crippen LogP) is 2.88. The molecule has 21 heavy (non-hydrogen) atoms. The van der Waals surface area contributed by atoms with Crippen molar-refractivity contribution in [3.05, 3.63) is 59.2 Å². The lowest BCUT2D eigenvalue weighted by Gasteiger charge is -2.12. The summed E-state index contributed by atoms with van der Waals surface area (Å²) < 4.78 is 5.21. The SMILES string of the molecule is COc1ccc(C(=O)O)cc1NCc1cccc(C#N)c1. The summed E-state index contributed by atoms with van der Waals surface area (Å²) in [5.74, 6) is -0.427. The maximum Gasteiger partial charge on any atom is 0.335 e. The fourth-order valence-electron chi connectivity index (χ4n) is 1.93. The lowest BCUT2D eigenvalue weighted by atomic mass is 10.1. The average molecular weight is 282 g/mol. The Morgan fingerprint density at radius 3 is 2.81 bits per heavy atom. The van der Waals surface area contributed by atoms with Gasteiger partial charge in [0.25, 0.3) is 0 Å². The highest BCUT2D eigenvalue weighted by Gasteiger charge is 2.08. The molecule has 0 saturated carbocycles. The molecule has 5 nitrogen and oxygen atoms in total. The summed E-state index contributed by atoms with van der Waals surface area (Å²) in [5.41, 5.74) is 2.29. The maximum absolute atomic E-state index is 11.0. The average Bonchev–Trinajstić information content (AvgIpc) is 2.52. The van der Waals surface area contributed by atoms with E-state index in [1.165, 1.54) is 19.2 Å². The molecule has 0 aromatic heterocycles. The van der Waals surface area contributed by atoms with Crippen LogP contribution in [0.4, 0.5) is 5.69 Å². The summed E-state index contributed by atoms with van der Waals surface area (Å²) in [5, 5.41) is 21.0. The molecule has 0 heterocycles. The molecule has 2 rings (SSSR count). The van der Waals surface area contributed by atoms with Crippen LogP contribution in [0.25, 0.3) is 0 Å². The third kappa shape index (κ3) is 3.51. The van der Waals surface area contributed by atoms with Crippen LogP contribution >= 0.6 is 0 Å². The third-order valence-electron chi connectivity index (χ3n) is 2.99. The summed E-state index contributed by atoms with van der Waals surface area (Å²) in [6.45, 7) is 0.467. The molecule has 0 saturated heterocycles. The van der Waals surface area contributed by atoms with Gasteiger partial charge >= 0.3 is 5.97 Å². The van der Waals surface area contributed by atoms with E-state index in [0.29, 0.717) is 23.5 Å². The number of carbonyl (C=O) groups is 1. The van der Waals surface area contributed by atoms with Crippen LogP contribution in [0.15, 0.2) is 42.5 Å². The van der Waals surface area contributed by atoms with Crippen molar-refractivity contribution in [2.75, 3.05) is 12.4 Å². The number of methoxy groups -OCH3 is 1. The van der Waals surface area contributed by atoms with Gasteiger partial charge < -0.3 is 15.2 Å². The Hall–Kier alpha value is -3.00. The second-order valence-electron chi connectivity index (χ2n) is 4.39. The number of hydrogen-bond donors (Lipinski definition) is 2. The number of hydrogen-bond acceptors (Lipinski definition) is 4. The molecule has 2 aromatic rings. The molecule has 0 aliphatic heterocycles. The second kappa shape index (κ2) is 6.44. The number of aromatic carboxylic acids is 1. The molecule has 0 amide bonds. The molecule has 0 fully saturated rings. The topological polar surface area (TPSA) is 82.3 Å². The number of ether oxygens (including phenoxy) is 1. The van der Waals surface area contributed by atoms with Crippen LogP contribution in [0.3, 0.4) is 0 Å². The van der Waals surface area contributed by atoms with E-state index in [0.717, 1.165) is 5.56 Å². The molecule has 0 unspecified atom stereocenters. The Labute approximate surface area is 122 Å². The summed E-state index contributed by atoms with van der Waals surface area (Å²) in [6.07, 6.45) is 0. The molecule has 0 atom stereocenters. The highest BCUT2D eigenvalue weighted by Crippen LogP contribution is 2.26. The first-order valence-corrected chi connectivity index (χ1v) is 6.28. The van der Waals surface area contributed by atoms with Gasteiger partial charge in [-0.05, 0) is 35.9 Å². The molecule has 2 aromatic carbocycles. The van der Waals surface area contributed by atoms with Gasteiger partial charge in [-0.15, -0.1) is 0 Å². The van der Waals surface area contributed by atoms with Crippen LogP contribution in [-0.2, 0) is 6.54 Å². The molecular formula is C16H14N2O3. The number of carboxylic acid groups (broad SMARTS) is 1. The monoisotopic (exact) mass is 282 g/mol. The zero-order chi connectivity index (χ0) is 15.2. The number of anilines is 1. The number of benzene rings is 2. The third-order valence-corrected chi connectivity index (χ3v) is 2.99. The molecule has 0 bridgehead atoms. The standard InChI is InChI=1S/C16H14N2O3/c1-21-15-6-5-13(16(19)20)8-14(15)18-10-12-4-2-3-11(7-12)9-17/h2-8,18H,10H2,1H3,(H,19,20). The first kappa shape index (κ1) is 14.4. The van der Waals surface area contributed by atoms with Gasteiger partial charge in [-0.2, -0.15) is 5.26 Å². The quantitative estimate of drug-likeness (QED) is 0.881. The Kier molecular flexibility index (Phi) is 4.42. The van der Waals surface area contributed by atoms with E-state index in [2.05, 4.69) is 11.4 Å². The fourth-order valence-corrected chi connectivity index (χ4v) is 1.93. The van der Waals surface area contributed by atoms with Crippen LogP contribution in [0, 0.1) is 11.3 Å². The molecule has 106 valence electrons. The first-order chi connectivity index (χ1) is 10.1. The van der Waals surface area contributed by atoms with Gasteiger partial charge in [0.2, 0.25) is 0 Å². The highest BCUT2D eigenvalue weighted by atomic mass is 16.5. The van der Waals surface area contributed by atoms with Crippen LogP contribution in [0.5, 0.6) is 5.75 Å². The van der Waals surface area contributed by atoms with Gasteiger partial charge in [0, 0.05) is 6.54 Å². The Morgan fingerprint density at radius 1 is 1.33 bits per heavy atom. The van der Waals surface area contributed by atoms with Crippen molar-refractivity contribution in [3.8, 4) is 11.8 Å². The van der Waals surface area contributed by atoms with Gasteiger partial charge in [0.05, 0.1) is 30.0 Å². The summed E-state index contributed by atoms with van der Waals surface area (Å²) in [7, 11) is 1.53. The van der Waals surface area contributed by atoms with Gasteiger partial charge in [0.1, 0.15) is 5.75 Å². The van der Waals surface area contributed by atoms with E-state index < -0.39 is 5.97 Å². The lowest BCUT2D eigenvalue weighted by Crippen LogP contribution is -2.04. The fraction of sp³-hybridized carbons (Fsp3) is 0.125. The molecule has 0 aliphatic rings. The Morgan fingerprint density at radius 2 is 2.14 bits per heavy atom. The first-order valence-electron chi connectivity index (χ1n) is 6.28. The van der Waals surface area contributed by atoms with Crippen molar-refractivity contribution >= 4 is 11.7 Å². The van der Waals surface area contributed by atoms with E-state index >= 15 is 0 Å². The number of carboxylic acids is 1. The second-order valence-corrected chi connectivity index (χ2v) is 4.39. The minimum Gasteiger partial charge on any atom is -0.495 e. The minimum atomic E-state index is -0.993. The number of nitrogens with one attached hydrogen (secondary N) is 1. The van der Waals surface area contributed by atoms with Crippen LogP contribution in [-0.4, -0.2) is 18.2 Å². The summed E-state index contributed by atoms with van der Waals surface area (Å²) in [4.78, 5) is 11.0. The van der Waals surface area contributed by atoms with Gasteiger partial charge in [-0.25, -0.2) is 4.79 Å². The van der Waals surface area contributed by atoms with Crippen molar-refractivity contribution < 1.29 is 14.6 Å². The van der Waals surface area contributed by atoms with E-state index in [4.69, 9.17) is 15.1 Å². The predicted molar refractivity (Wildman–Crippen MR) is 78.4 cm³/mol. The van der Waals surface area contributed by atoms with E-state index in [1.807, 2.05) is 6.07 Å². The highest BCUT2D eigenvalue weighted by molar-refractivity contribution is 5.89. The van der Waals surface area contributed by atoms with Crippen molar-refractivity contribution in [2.24, 2.45) is 0 Å². The van der Waals surface area contributed by atoms with E-state index in [1.54, 1.807) is 24.3 Å². The van der Waals surface area contributed by atoms with E-state index in [9.17, 15) is 4.79 Å². The molecule has 0 aliphatic carbocycles. The van der Waals surface area contributed by atoms with E-state index in [-0.39, 0.29) is 5.56 Å². The normalized spacial score (nSPS) is 9.71. The molecule has 5 heteroatoms. The van der Waals surface area contributed by atoms with Crippen molar-refractivity contribution in [2.45, 2.75) is 6.54 Å². The lowest BCUT2D eigenvalue weighted by molar-refractivity contribution is 0.0697. The van der Waals surface area contributed by atoms with Crippen LogP contribution in [0.2, 0.25) is 0 Å². The van der Waals surface area contributed by atoms with Crippen LogP contribution < -0.4 is 10.1 Å². The number of nitrogens with zero attached hydrogens (tertiary/aromatic N) is 1. The molecular weight excluding hydrogens is 268 g/mol. The van der Waals surface area contributed by atoms with Crippen molar-refractivity contribution in [1.29, 1.82) is 5.26 Å². The minimum absolute atomic E-state index is 0.184. The van der Waals surface area contributed by atoms with Gasteiger partial charge in [0.15, 0.2) is 0 Å². The molecule has 0 radical (unpaired) electrons. The number of rotatable bonds is 5. The maximum atomic E-state index is 11.0. The largest absolute Gasteiger partial charge is 0.495 e. The Balaban J connectivity index is 2.20. The zero-order valence-corrected chi connectivity index (χ0v) is 11.5. The zero-order valence-electron chi connectivity index (χ0n) is 11.5. The van der Waals surface area contributed by atoms with Crippen LogP contribution in [0.1, 0.15) is 21.5 Å². The molecule has 2 N–H and O–H groups in total. The summed E-state index contributed by atoms with van der Waals surface area (Å²) in [6, 6.07) is 13.9. The smallest absolute Gasteiger partial charge is 0.335 e. The number of nitriles is 1. The molecule has 0 spiro atoms. The Bertz CT molecular complexity index is 705. The van der Waals surface area contributed by atoms with Gasteiger partial charge in [-0.3, -0.25) is 0 Å².